The number of halogens is 1. The zero-order valence-corrected chi connectivity index (χ0v) is 12.8. The molecule has 20 heavy (non-hydrogen) atoms. The zero-order valence-electron chi connectivity index (χ0n) is 11.2. The molecule has 2 aromatic carbocycles. The summed E-state index contributed by atoms with van der Waals surface area (Å²) in [6.07, 6.45) is 1.20. The van der Waals surface area contributed by atoms with Crippen LogP contribution in [-0.2, 0) is 0 Å². The summed E-state index contributed by atoms with van der Waals surface area (Å²) in [5.74, 6) is 2.30. The van der Waals surface area contributed by atoms with E-state index in [-0.39, 0.29) is 0 Å². The maximum absolute atomic E-state index is 4.81. The number of nitrogens with zero attached hydrogens (tertiary/aromatic N) is 1. The lowest BCUT2D eigenvalue weighted by Gasteiger charge is -1.97. The van der Waals surface area contributed by atoms with Gasteiger partial charge in [-0.25, -0.2) is 4.98 Å². The van der Waals surface area contributed by atoms with Crippen LogP contribution in [0.4, 0.5) is 0 Å². The van der Waals surface area contributed by atoms with Gasteiger partial charge < -0.3 is 4.98 Å². The minimum Gasteiger partial charge on any atom is -0.342 e. The highest BCUT2D eigenvalue weighted by Gasteiger charge is 2.41. The summed E-state index contributed by atoms with van der Waals surface area (Å²) in [5.41, 5.74) is 4.87. The maximum Gasteiger partial charge on any atom is 0.111 e. The maximum atomic E-state index is 4.81. The molecule has 1 heterocycles. The molecule has 2 unspecified atom stereocenters. The molecule has 0 radical (unpaired) electrons. The summed E-state index contributed by atoms with van der Waals surface area (Å²) in [5, 5.41) is 0. The van der Waals surface area contributed by atoms with Crippen molar-refractivity contribution in [3.05, 3.63) is 63.9 Å². The van der Waals surface area contributed by atoms with Crippen molar-refractivity contribution in [3.8, 4) is 0 Å². The van der Waals surface area contributed by atoms with Crippen molar-refractivity contribution in [1.82, 2.24) is 9.97 Å². The molecule has 4 rings (SSSR count). The summed E-state index contributed by atoms with van der Waals surface area (Å²) in [4.78, 5) is 8.31. The lowest BCUT2D eigenvalue weighted by molar-refractivity contribution is 0.937. The van der Waals surface area contributed by atoms with Gasteiger partial charge in [-0.15, -0.1) is 0 Å². The molecule has 0 saturated heterocycles. The van der Waals surface area contributed by atoms with Crippen LogP contribution >= 0.6 is 15.9 Å². The van der Waals surface area contributed by atoms with Gasteiger partial charge in [-0.3, -0.25) is 0 Å². The van der Waals surface area contributed by atoms with Gasteiger partial charge in [-0.05, 0) is 42.5 Å². The van der Waals surface area contributed by atoms with Crippen LogP contribution in [0, 0.1) is 6.92 Å². The predicted octanol–water partition coefficient (Wildman–Crippen LogP) is 4.90. The molecular weight excluding hydrogens is 312 g/mol. The summed E-state index contributed by atoms with van der Waals surface area (Å²) in [6.45, 7) is 2.11. The van der Waals surface area contributed by atoms with E-state index >= 15 is 0 Å². The monoisotopic (exact) mass is 326 g/mol. The van der Waals surface area contributed by atoms with Crippen molar-refractivity contribution in [2.75, 3.05) is 0 Å². The van der Waals surface area contributed by atoms with Crippen LogP contribution in [0.3, 0.4) is 0 Å². The van der Waals surface area contributed by atoms with Crippen LogP contribution in [0.5, 0.6) is 0 Å². The zero-order chi connectivity index (χ0) is 13.7. The molecule has 3 heteroatoms. The Morgan fingerprint density at radius 3 is 2.75 bits per heavy atom. The minimum absolute atomic E-state index is 0.544. The third-order valence-electron chi connectivity index (χ3n) is 4.13. The average molecular weight is 327 g/mol. The second-order valence-electron chi connectivity index (χ2n) is 5.60. The Balaban J connectivity index is 1.69. The first-order chi connectivity index (χ1) is 9.72. The second-order valence-corrected chi connectivity index (χ2v) is 6.52. The number of hydrogen-bond donors (Lipinski definition) is 1. The number of fused-ring (bicyclic) bond motifs is 1. The fourth-order valence-corrected chi connectivity index (χ4v) is 3.58. The molecule has 1 N–H and O–H groups in total. The highest BCUT2D eigenvalue weighted by atomic mass is 79.9. The van der Waals surface area contributed by atoms with Gasteiger partial charge in [0, 0.05) is 10.4 Å². The molecule has 0 spiro atoms. The van der Waals surface area contributed by atoms with Gasteiger partial charge >= 0.3 is 0 Å². The number of H-pyrrole nitrogens is 1. The Morgan fingerprint density at radius 1 is 1.15 bits per heavy atom. The number of aromatic amines is 1. The summed E-state index contributed by atoms with van der Waals surface area (Å²) < 4.78 is 1.10. The number of aryl methyl sites for hydroxylation is 1. The SMILES string of the molecule is Cc1cc(Br)cc2[nH]c(C3CC3c3ccccc3)nc12. The molecule has 0 aliphatic heterocycles. The van der Waals surface area contributed by atoms with Crippen LogP contribution in [0.2, 0.25) is 0 Å². The standard InChI is InChI=1S/C17H15BrN2/c1-10-7-12(18)8-15-16(10)20-17(19-15)14-9-13(14)11-5-3-2-4-6-11/h2-8,13-14H,9H2,1H3,(H,19,20). The van der Waals surface area contributed by atoms with Gasteiger partial charge in [0.25, 0.3) is 0 Å². The summed E-state index contributed by atoms with van der Waals surface area (Å²) in [7, 11) is 0. The van der Waals surface area contributed by atoms with Gasteiger partial charge in [-0.2, -0.15) is 0 Å². The Morgan fingerprint density at radius 2 is 1.95 bits per heavy atom. The van der Waals surface area contributed by atoms with Crippen molar-refractivity contribution < 1.29 is 0 Å². The van der Waals surface area contributed by atoms with Gasteiger partial charge in [0.2, 0.25) is 0 Å². The molecule has 100 valence electrons. The Kier molecular flexibility index (Phi) is 2.71. The van der Waals surface area contributed by atoms with Gasteiger partial charge in [0.1, 0.15) is 5.82 Å². The largest absolute Gasteiger partial charge is 0.342 e. The van der Waals surface area contributed by atoms with E-state index in [0.717, 1.165) is 21.3 Å². The molecular formula is C17H15BrN2. The van der Waals surface area contributed by atoms with Gasteiger partial charge in [0.15, 0.2) is 0 Å². The molecule has 2 nitrogen and oxygen atoms in total. The van der Waals surface area contributed by atoms with E-state index < -0.39 is 0 Å². The predicted molar refractivity (Wildman–Crippen MR) is 85.1 cm³/mol. The van der Waals surface area contributed by atoms with Crippen molar-refractivity contribution in [2.45, 2.75) is 25.2 Å². The Hall–Kier alpha value is -1.61. The molecule has 0 bridgehead atoms. The quantitative estimate of drug-likeness (QED) is 0.712. The van der Waals surface area contributed by atoms with Crippen LogP contribution < -0.4 is 0 Å². The Labute approximate surface area is 126 Å². The van der Waals surface area contributed by atoms with E-state index in [1.165, 1.54) is 17.5 Å². The average Bonchev–Trinajstić information content (AvgIpc) is 3.13. The third kappa shape index (κ3) is 1.97. The molecule has 1 aliphatic rings. The van der Waals surface area contributed by atoms with E-state index in [1.54, 1.807) is 0 Å². The molecule has 0 amide bonds. The minimum atomic E-state index is 0.544. The van der Waals surface area contributed by atoms with E-state index in [0.29, 0.717) is 11.8 Å². The molecule has 2 atom stereocenters. The lowest BCUT2D eigenvalue weighted by Crippen LogP contribution is -1.86. The first-order valence-electron chi connectivity index (χ1n) is 6.93. The second kappa shape index (κ2) is 4.45. The molecule has 1 aromatic heterocycles. The highest BCUT2D eigenvalue weighted by Crippen LogP contribution is 2.53. The van der Waals surface area contributed by atoms with Crippen molar-refractivity contribution in [3.63, 3.8) is 0 Å². The van der Waals surface area contributed by atoms with E-state index in [9.17, 15) is 0 Å². The van der Waals surface area contributed by atoms with E-state index in [2.05, 4.69) is 70.3 Å². The molecule has 1 fully saturated rings. The third-order valence-corrected chi connectivity index (χ3v) is 4.59. The topological polar surface area (TPSA) is 28.7 Å². The molecule has 1 saturated carbocycles. The van der Waals surface area contributed by atoms with Crippen LogP contribution in [-0.4, -0.2) is 9.97 Å². The number of benzene rings is 2. The van der Waals surface area contributed by atoms with E-state index in [4.69, 9.17) is 4.98 Å². The Bertz CT molecular complexity index is 776. The van der Waals surface area contributed by atoms with Crippen molar-refractivity contribution in [1.29, 1.82) is 0 Å². The molecule has 3 aromatic rings. The van der Waals surface area contributed by atoms with Crippen LogP contribution in [0.15, 0.2) is 46.9 Å². The smallest absolute Gasteiger partial charge is 0.111 e. The van der Waals surface area contributed by atoms with Crippen molar-refractivity contribution in [2.24, 2.45) is 0 Å². The molecule has 1 aliphatic carbocycles. The van der Waals surface area contributed by atoms with E-state index in [1.807, 2.05) is 0 Å². The first kappa shape index (κ1) is 12.2. The van der Waals surface area contributed by atoms with Crippen molar-refractivity contribution >= 4 is 27.0 Å². The summed E-state index contributed by atoms with van der Waals surface area (Å²) >= 11 is 3.55. The number of nitrogens with one attached hydrogen (secondary N) is 1. The number of aromatic nitrogens is 2. The van der Waals surface area contributed by atoms with Crippen LogP contribution in [0.1, 0.15) is 35.2 Å². The van der Waals surface area contributed by atoms with Gasteiger partial charge in [0.05, 0.1) is 11.0 Å². The number of rotatable bonds is 2. The first-order valence-corrected chi connectivity index (χ1v) is 7.72. The highest BCUT2D eigenvalue weighted by molar-refractivity contribution is 9.10. The summed E-state index contributed by atoms with van der Waals surface area (Å²) in [6, 6.07) is 15.0. The number of imidazole rings is 1. The fourth-order valence-electron chi connectivity index (χ4n) is 3.01. The van der Waals surface area contributed by atoms with Gasteiger partial charge in [-0.1, -0.05) is 46.3 Å². The van der Waals surface area contributed by atoms with Crippen LogP contribution in [0.25, 0.3) is 11.0 Å². The normalized spacial score (nSPS) is 21.3. The number of hydrogen-bond acceptors (Lipinski definition) is 1. The fraction of sp³-hybridized carbons (Fsp3) is 0.235. The lowest BCUT2D eigenvalue weighted by atomic mass is 10.1.